The molecule has 1 aromatic heterocycles. The molecule has 1 fully saturated rings. The van der Waals surface area contributed by atoms with Crippen molar-refractivity contribution in [3.63, 3.8) is 0 Å². The van der Waals surface area contributed by atoms with E-state index in [1.807, 2.05) is 26.0 Å². The second kappa shape index (κ2) is 6.77. The number of aromatic amines is 1. The van der Waals surface area contributed by atoms with Gasteiger partial charge in [-0.1, -0.05) is 12.1 Å². The van der Waals surface area contributed by atoms with Crippen molar-refractivity contribution in [1.82, 2.24) is 14.5 Å². The molecule has 0 spiro atoms. The second-order valence-corrected chi connectivity index (χ2v) is 9.44. The van der Waals surface area contributed by atoms with Gasteiger partial charge < -0.3 is 5.73 Å². The van der Waals surface area contributed by atoms with Crippen LogP contribution in [0.5, 0.6) is 0 Å². The van der Waals surface area contributed by atoms with Crippen molar-refractivity contribution in [2.75, 3.05) is 18.8 Å². The number of nitrogens with one attached hydrogen (secondary N) is 1. The summed E-state index contributed by atoms with van der Waals surface area (Å²) in [6.07, 6.45) is -0.900. The Morgan fingerprint density at radius 2 is 1.76 bits per heavy atom. The van der Waals surface area contributed by atoms with Crippen molar-refractivity contribution in [2.24, 2.45) is 0 Å². The molecule has 3 N–H and O–H groups in total. The molecule has 4 rings (SSSR count). The Morgan fingerprint density at radius 3 is 2.41 bits per heavy atom. The number of nitrogens with zero attached hydrogens (tertiary/aromatic N) is 2. The zero-order valence-corrected chi connectivity index (χ0v) is 17.0. The summed E-state index contributed by atoms with van der Waals surface area (Å²) < 4.78 is 53.7. The van der Waals surface area contributed by atoms with Crippen LogP contribution in [0.1, 0.15) is 24.0 Å². The SMILES string of the molecule is Cc1cc(S(=O)(=O)N2CCC(F)(F)CC2)ccc1-c1ccc2[nH]nc(N)c2c1C. The Kier molecular flexibility index (Phi) is 4.62. The highest BCUT2D eigenvalue weighted by atomic mass is 32.2. The van der Waals surface area contributed by atoms with Gasteiger partial charge in [-0.05, 0) is 54.3 Å². The van der Waals surface area contributed by atoms with Crippen molar-refractivity contribution in [2.45, 2.75) is 37.5 Å². The summed E-state index contributed by atoms with van der Waals surface area (Å²) in [6.45, 7) is 3.43. The van der Waals surface area contributed by atoms with Crippen LogP contribution in [-0.4, -0.2) is 41.9 Å². The Morgan fingerprint density at radius 1 is 1.10 bits per heavy atom. The van der Waals surface area contributed by atoms with Crippen molar-refractivity contribution in [3.8, 4) is 11.1 Å². The number of halogens is 2. The number of hydrogen-bond donors (Lipinski definition) is 2. The first-order valence-electron chi connectivity index (χ1n) is 9.32. The number of piperidine rings is 1. The number of anilines is 1. The van der Waals surface area contributed by atoms with Gasteiger partial charge in [0.25, 0.3) is 5.92 Å². The lowest BCUT2D eigenvalue weighted by atomic mass is 9.94. The first-order valence-corrected chi connectivity index (χ1v) is 10.8. The van der Waals surface area contributed by atoms with Crippen molar-refractivity contribution < 1.29 is 17.2 Å². The monoisotopic (exact) mass is 420 g/mol. The van der Waals surface area contributed by atoms with Crippen molar-refractivity contribution in [3.05, 3.63) is 41.5 Å². The third kappa shape index (κ3) is 3.38. The molecule has 2 aromatic carbocycles. The zero-order valence-electron chi connectivity index (χ0n) is 16.2. The van der Waals surface area contributed by atoms with E-state index in [0.717, 1.165) is 37.5 Å². The maximum atomic E-state index is 13.4. The number of nitrogen functional groups attached to an aromatic ring is 1. The van der Waals surface area contributed by atoms with Crippen LogP contribution in [0.3, 0.4) is 0 Å². The van der Waals surface area contributed by atoms with Crippen molar-refractivity contribution >= 4 is 26.7 Å². The van der Waals surface area contributed by atoms with E-state index < -0.39 is 28.8 Å². The molecule has 0 bridgehead atoms. The molecule has 0 amide bonds. The molecule has 0 aliphatic carbocycles. The molecule has 9 heteroatoms. The molecule has 154 valence electrons. The van der Waals surface area contributed by atoms with Crippen LogP contribution < -0.4 is 5.73 Å². The standard InChI is InChI=1S/C20H22F2N4O2S/c1-12-11-14(29(27,28)26-9-7-20(21,22)8-10-26)3-4-15(12)16-5-6-17-18(13(16)2)19(23)25-24-17/h3-6,11H,7-10H2,1-2H3,(H3,23,24,25). The molecular formula is C20H22F2N4O2S. The van der Waals surface area contributed by atoms with Gasteiger partial charge in [-0.3, -0.25) is 5.10 Å². The molecule has 2 heterocycles. The topological polar surface area (TPSA) is 92.1 Å². The fourth-order valence-corrected chi connectivity index (χ4v) is 5.43. The Labute approximate surface area is 167 Å². The molecule has 6 nitrogen and oxygen atoms in total. The Balaban J connectivity index is 1.70. The van der Waals surface area contributed by atoms with Gasteiger partial charge in [-0.15, -0.1) is 0 Å². The maximum Gasteiger partial charge on any atom is 0.250 e. The smallest absolute Gasteiger partial charge is 0.250 e. The van der Waals surface area contributed by atoms with Crippen LogP contribution in [-0.2, 0) is 10.0 Å². The lowest BCUT2D eigenvalue weighted by Gasteiger charge is -2.31. The lowest BCUT2D eigenvalue weighted by Crippen LogP contribution is -2.42. The Hall–Kier alpha value is -2.52. The van der Waals surface area contributed by atoms with Gasteiger partial charge in [0, 0.05) is 31.3 Å². The molecule has 1 saturated heterocycles. The first-order chi connectivity index (χ1) is 13.6. The average Bonchev–Trinajstić information content (AvgIpc) is 3.04. The minimum absolute atomic E-state index is 0.116. The molecule has 3 aromatic rings. The van der Waals surface area contributed by atoms with Crippen LogP contribution in [0.25, 0.3) is 22.0 Å². The van der Waals surface area contributed by atoms with Crippen molar-refractivity contribution in [1.29, 1.82) is 0 Å². The number of sulfonamides is 1. The third-order valence-electron chi connectivity index (χ3n) is 5.60. The fourth-order valence-electron chi connectivity index (χ4n) is 3.90. The summed E-state index contributed by atoms with van der Waals surface area (Å²) in [6, 6.07) is 8.72. The highest BCUT2D eigenvalue weighted by Crippen LogP contribution is 2.35. The van der Waals surface area contributed by atoms with Crippen LogP contribution in [0.15, 0.2) is 35.2 Å². The zero-order chi connectivity index (χ0) is 21.0. The number of benzene rings is 2. The number of aromatic nitrogens is 2. The lowest BCUT2D eigenvalue weighted by molar-refractivity contribution is -0.0412. The van der Waals surface area contributed by atoms with E-state index in [1.54, 1.807) is 12.1 Å². The number of rotatable bonds is 3. The molecule has 29 heavy (non-hydrogen) atoms. The predicted molar refractivity (Wildman–Crippen MR) is 108 cm³/mol. The van der Waals surface area contributed by atoms with Gasteiger partial charge >= 0.3 is 0 Å². The number of fused-ring (bicyclic) bond motifs is 1. The number of hydrogen-bond acceptors (Lipinski definition) is 4. The average molecular weight is 420 g/mol. The van der Waals surface area contributed by atoms with E-state index in [9.17, 15) is 17.2 Å². The van der Waals surface area contributed by atoms with Gasteiger partial charge in [-0.25, -0.2) is 17.2 Å². The van der Waals surface area contributed by atoms with Gasteiger partial charge in [0.15, 0.2) is 5.82 Å². The number of alkyl halides is 2. The highest BCUT2D eigenvalue weighted by molar-refractivity contribution is 7.89. The van der Waals surface area contributed by atoms with E-state index in [1.165, 1.54) is 6.07 Å². The van der Waals surface area contributed by atoms with Gasteiger partial charge in [0.05, 0.1) is 10.4 Å². The van der Waals surface area contributed by atoms with E-state index in [-0.39, 0.29) is 18.0 Å². The number of nitrogens with two attached hydrogens (primary N) is 1. The van der Waals surface area contributed by atoms with Gasteiger partial charge in [0.2, 0.25) is 10.0 Å². The van der Waals surface area contributed by atoms with Crippen LogP contribution >= 0.6 is 0 Å². The van der Waals surface area contributed by atoms with E-state index in [2.05, 4.69) is 10.2 Å². The Bertz CT molecular complexity index is 1190. The molecule has 0 unspecified atom stereocenters. The molecule has 0 atom stereocenters. The summed E-state index contributed by atoms with van der Waals surface area (Å²) in [5.74, 6) is -2.38. The van der Waals surface area contributed by atoms with Crippen LogP contribution in [0.2, 0.25) is 0 Å². The minimum atomic E-state index is -3.81. The largest absolute Gasteiger partial charge is 0.382 e. The fraction of sp³-hybridized carbons (Fsp3) is 0.350. The van der Waals surface area contributed by atoms with Crippen LogP contribution in [0, 0.1) is 13.8 Å². The summed E-state index contributed by atoms with van der Waals surface area (Å²) in [7, 11) is -3.81. The molecule has 1 aliphatic heterocycles. The van der Waals surface area contributed by atoms with E-state index >= 15 is 0 Å². The summed E-state index contributed by atoms with van der Waals surface area (Å²) in [5.41, 5.74) is 10.3. The highest BCUT2D eigenvalue weighted by Gasteiger charge is 2.38. The predicted octanol–water partition coefficient (Wildman–Crippen LogP) is 3.85. The summed E-state index contributed by atoms with van der Waals surface area (Å²) >= 11 is 0. The van der Waals surface area contributed by atoms with Gasteiger partial charge in [-0.2, -0.15) is 9.40 Å². The summed E-state index contributed by atoms with van der Waals surface area (Å²) in [5, 5.41) is 7.76. The first kappa shape index (κ1) is 19.8. The minimum Gasteiger partial charge on any atom is -0.382 e. The van der Waals surface area contributed by atoms with Crippen LogP contribution in [0.4, 0.5) is 14.6 Å². The molecular weight excluding hydrogens is 398 g/mol. The molecule has 1 aliphatic rings. The van der Waals surface area contributed by atoms with E-state index in [0.29, 0.717) is 5.82 Å². The normalized spacial score (nSPS) is 17.7. The molecule has 0 saturated carbocycles. The van der Waals surface area contributed by atoms with Gasteiger partial charge in [0.1, 0.15) is 0 Å². The molecule has 0 radical (unpaired) electrons. The maximum absolute atomic E-state index is 13.4. The summed E-state index contributed by atoms with van der Waals surface area (Å²) in [4.78, 5) is 0.116. The van der Waals surface area contributed by atoms with E-state index in [4.69, 9.17) is 5.73 Å². The quantitative estimate of drug-likeness (QED) is 0.673. The third-order valence-corrected chi connectivity index (χ3v) is 7.49. The number of aryl methyl sites for hydroxylation is 2. The number of H-pyrrole nitrogens is 1. The second-order valence-electron chi connectivity index (χ2n) is 7.51.